The lowest BCUT2D eigenvalue weighted by Gasteiger charge is -2.27. The van der Waals surface area contributed by atoms with Crippen LogP contribution in [-0.2, 0) is 0 Å². The Morgan fingerprint density at radius 3 is 2.92 bits per heavy atom. The number of nitrogens with one attached hydrogen (secondary N) is 1. The highest BCUT2D eigenvalue weighted by molar-refractivity contribution is 7.10. The van der Waals surface area contributed by atoms with Crippen molar-refractivity contribution in [3.8, 4) is 5.88 Å². The molecule has 0 radical (unpaired) electrons. The summed E-state index contributed by atoms with van der Waals surface area (Å²) in [5.74, 6) is 0.721. The van der Waals surface area contributed by atoms with E-state index in [1.54, 1.807) is 7.11 Å². The fourth-order valence-electron chi connectivity index (χ4n) is 1.38. The molecule has 0 unspecified atom stereocenters. The summed E-state index contributed by atoms with van der Waals surface area (Å²) in [7, 11) is 1.65. The zero-order valence-electron chi connectivity index (χ0n) is 7.62. The summed E-state index contributed by atoms with van der Waals surface area (Å²) in [6, 6.07) is 2.00. The molecule has 0 atom stereocenters. The molecule has 72 valence electrons. The average molecular weight is 199 g/mol. The summed E-state index contributed by atoms with van der Waals surface area (Å²) in [5, 5.41) is 4.52. The van der Waals surface area contributed by atoms with Crippen LogP contribution in [0.4, 0.5) is 5.00 Å². The van der Waals surface area contributed by atoms with E-state index in [-0.39, 0.29) is 0 Å². The van der Waals surface area contributed by atoms with Crippen molar-refractivity contribution in [1.29, 1.82) is 0 Å². The minimum absolute atomic E-state index is 0.721. The van der Waals surface area contributed by atoms with Gasteiger partial charge in [0.15, 0.2) is 0 Å². The first-order chi connectivity index (χ1) is 6.40. The third kappa shape index (κ3) is 1.92. The molecule has 1 aromatic heterocycles. The fourth-order valence-corrected chi connectivity index (χ4v) is 2.14. The molecule has 1 aromatic rings. The monoisotopic (exact) mass is 199 g/mol. The first-order valence-electron chi connectivity index (χ1n) is 4.36. The van der Waals surface area contributed by atoms with Crippen molar-refractivity contribution in [2.75, 3.05) is 38.2 Å². The summed E-state index contributed by atoms with van der Waals surface area (Å²) in [5.41, 5.74) is 0. The minimum atomic E-state index is 0.721. The van der Waals surface area contributed by atoms with Gasteiger partial charge in [-0.2, -0.15) is 4.37 Å². The van der Waals surface area contributed by atoms with Crippen LogP contribution in [-0.4, -0.2) is 37.7 Å². The number of methoxy groups -OCH3 is 1. The third-order valence-corrected chi connectivity index (χ3v) is 2.95. The van der Waals surface area contributed by atoms with Crippen LogP contribution < -0.4 is 15.0 Å². The van der Waals surface area contributed by atoms with Crippen molar-refractivity contribution in [3.63, 3.8) is 0 Å². The van der Waals surface area contributed by atoms with Gasteiger partial charge in [0.1, 0.15) is 5.00 Å². The average Bonchev–Trinajstić information content (AvgIpc) is 2.67. The molecule has 1 aliphatic heterocycles. The van der Waals surface area contributed by atoms with Crippen molar-refractivity contribution in [2.45, 2.75) is 0 Å². The zero-order valence-corrected chi connectivity index (χ0v) is 8.43. The quantitative estimate of drug-likeness (QED) is 0.755. The Balaban J connectivity index is 2.05. The van der Waals surface area contributed by atoms with E-state index in [0.717, 1.165) is 32.1 Å². The zero-order chi connectivity index (χ0) is 9.10. The summed E-state index contributed by atoms with van der Waals surface area (Å²) >= 11 is 1.50. The summed E-state index contributed by atoms with van der Waals surface area (Å²) < 4.78 is 9.21. The smallest absolute Gasteiger partial charge is 0.227 e. The number of nitrogens with zero attached hydrogens (tertiary/aromatic N) is 2. The second kappa shape index (κ2) is 3.93. The molecule has 0 bridgehead atoms. The van der Waals surface area contributed by atoms with E-state index in [0.29, 0.717) is 0 Å². The maximum atomic E-state index is 5.04. The van der Waals surface area contributed by atoms with E-state index >= 15 is 0 Å². The van der Waals surface area contributed by atoms with Gasteiger partial charge in [0.05, 0.1) is 7.11 Å². The van der Waals surface area contributed by atoms with Crippen molar-refractivity contribution < 1.29 is 4.74 Å². The number of hydrogen-bond acceptors (Lipinski definition) is 5. The van der Waals surface area contributed by atoms with Gasteiger partial charge < -0.3 is 15.0 Å². The second-order valence-electron chi connectivity index (χ2n) is 2.94. The Labute approximate surface area is 81.7 Å². The Morgan fingerprint density at radius 1 is 1.54 bits per heavy atom. The SMILES string of the molecule is COc1cc(N2CCNCC2)sn1. The van der Waals surface area contributed by atoms with Gasteiger partial charge >= 0.3 is 0 Å². The van der Waals surface area contributed by atoms with Gasteiger partial charge in [-0.05, 0) is 11.5 Å². The molecular formula is C8H13N3OS. The molecule has 2 heterocycles. The molecule has 1 fully saturated rings. The number of aromatic nitrogens is 1. The molecular weight excluding hydrogens is 186 g/mol. The van der Waals surface area contributed by atoms with Gasteiger partial charge in [0.25, 0.3) is 0 Å². The normalized spacial score (nSPS) is 17.5. The summed E-state index contributed by atoms with van der Waals surface area (Å²) in [4.78, 5) is 2.33. The number of ether oxygens (including phenoxy) is 1. The van der Waals surface area contributed by atoms with Crippen LogP contribution in [0.15, 0.2) is 6.07 Å². The fraction of sp³-hybridized carbons (Fsp3) is 0.625. The Hall–Kier alpha value is -0.810. The molecule has 0 aromatic carbocycles. The number of rotatable bonds is 2. The highest BCUT2D eigenvalue weighted by atomic mass is 32.1. The van der Waals surface area contributed by atoms with E-state index in [2.05, 4.69) is 14.6 Å². The van der Waals surface area contributed by atoms with Gasteiger partial charge in [0.2, 0.25) is 5.88 Å². The number of hydrogen-bond donors (Lipinski definition) is 1. The molecule has 0 aliphatic carbocycles. The van der Waals surface area contributed by atoms with E-state index in [9.17, 15) is 0 Å². The predicted octanol–water partition coefficient (Wildman–Crippen LogP) is 0.561. The molecule has 0 saturated carbocycles. The molecule has 4 nitrogen and oxygen atoms in total. The van der Waals surface area contributed by atoms with Crippen LogP contribution in [0.1, 0.15) is 0 Å². The van der Waals surface area contributed by atoms with E-state index in [4.69, 9.17) is 4.74 Å². The maximum absolute atomic E-state index is 5.04. The largest absolute Gasteiger partial charge is 0.480 e. The maximum Gasteiger partial charge on any atom is 0.227 e. The van der Waals surface area contributed by atoms with Crippen LogP contribution in [0, 0.1) is 0 Å². The van der Waals surface area contributed by atoms with Gasteiger partial charge in [-0.15, -0.1) is 0 Å². The third-order valence-electron chi connectivity index (χ3n) is 2.11. The molecule has 0 spiro atoms. The topological polar surface area (TPSA) is 37.4 Å². The second-order valence-corrected chi connectivity index (χ2v) is 3.73. The first-order valence-corrected chi connectivity index (χ1v) is 5.14. The van der Waals surface area contributed by atoms with Crippen molar-refractivity contribution in [3.05, 3.63) is 6.07 Å². The summed E-state index contributed by atoms with van der Waals surface area (Å²) in [6.45, 7) is 4.23. The van der Waals surface area contributed by atoms with Gasteiger partial charge in [-0.3, -0.25) is 0 Å². The van der Waals surface area contributed by atoms with E-state index < -0.39 is 0 Å². The first kappa shape index (κ1) is 8.77. The molecule has 1 aliphatic rings. The molecule has 13 heavy (non-hydrogen) atoms. The lowest BCUT2D eigenvalue weighted by Crippen LogP contribution is -2.43. The van der Waals surface area contributed by atoms with E-state index in [1.165, 1.54) is 16.5 Å². The Bertz CT molecular complexity index is 270. The van der Waals surface area contributed by atoms with Crippen LogP contribution >= 0.6 is 11.5 Å². The van der Waals surface area contributed by atoms with Gasteiger partial charge in [-0.25, -0.2) is 0 Å². The minimum Gasteiger partial charge on any atom is -0.480 e. The van der Waals surface area contributed by atoms with Gasteiger partial charge in [0, 0.05) is 32.2 Å². The Morgan fingerprint density at radius 2 is 2.31 bits per heavy atom. The molecule has 1 N–H and O–H groups in total. The highest BCUT2D eigenvalue weighted by Gasteiger charge is 2.13. The van der Waals surface area contributed by atoms with Crippen LogP contribution in [0.3, 0.4) is 0 Å². The van der Waals surface area contributed by atoms with Crippen molar-refractivity contribution in [1.82, 2.24) is 9.69 Å². The molecule has 2 rings (SSSR count). The lowest BCUT2D eigenvalue weighted by atomic mass is 10.4. The molecule has 5 heteroatoms. The van der Waals surface area contributed by atoms with Crippen LogP contribution in [0.25, 0.3) is 0 Å². The number of piperazine rings is 1. The standard InChI is InChI=1S/C8H13N3OS/c1-12-7-6-8(13-10-7)11-4-2-9-3-5-11/h6,9H,2-5H2,1H3. The molecule has 0 amide bonds. The summed E-state index contributed by atoms with van der Waals surface area (Å²) in [6.07, 6.45) is 0. The van der Waals surface area contributed by atoms with E-state index in [1.807, 2.05) is 6.07 Å². The van der Waals surface area contributed by atoms with Crippen molar-refractivity contribution in [2.24, 2.45) is 0 Å². The number of anilines is 1. The lowest BCUT2D eigenvalue weighted by molar-refractivity contribution is 0.402. The van der Waals surface area contributed by atoms with Gasteiger partial charge in [-0.1, -0.05) is 0 Å². The van der Waals surface area contributed by atoms with Crippen molar-refractivity contribution >= 4 is 16.5 Å². The Kier molecular flexibility index (Phi) is 2.65. The van der Waals surface area contributed by atoms with Crippen LogP contribution in [0.5, 0.6) is 5.88 Å². The predicted molar refractivity (Wildman–Crippen MR) is 53.7 cm³/mol. The highest BCUT2D eigenvalue weighted by Crippen LogP contribution is 2.25. The van der Waals surface area contributed by atoms with Crippen LogP contribution in [0.2, 0.25) is 0 Å². The molecule has 1 saturated heterocycles.